The summed E-state index contributed by atoms with van der Waals surface area (Å²) in [7, 11) is 0. The molecular formula is C22H24ClNO2. The summed E-state index contributed by atoms with van der Waals surface area (Å²) in [6, 6.07) is 17.2. The molecule has 1 saturated heterocycles. The van der Waals surface area contributed by atoms with Gasteiger partial charge >= 0.3 is 0 Å². The Bertz CT molecular complexity index is 794. The zero-order valence-electron chi connectivity index (χ0n) is 14.8. The molecule has 0 radical (unpaired) electrons. The second-order valence-electron chi connectivity index (χ2n) is 7.51. The average Bonchev–Trinajstić information content (AvgIpc) is 2.69. The van der Waals surface area contributed by atoms with Crippen LogP contribution in [0.1, 0.15) is 48.0 Å². The van der Waals surface area contributed by atoms with Crippen molar-refractivity contribution in [2.24, 2.45) is 5.92 Å². The van der Waals surface area contributed by atoms with Crippen molar-refractivity contribution in [3.63, 3.8) is 0 Å². The Kier molecular flexibility index (Phi) is 4.76. The van der Waals surface area contributed by atoms with Gasteiger partial charge in [0.15, 0.2) is 0 Å². The first-order chi connectivity index (χ1) is 12.6. The molecule has 4 heteroatoms. The summed E-state index contributed by atoms with van der Waals surface area (Å²) >= 11 is 6.08. The topological polar surface area (TPSA) is 40.5 Å². The third-order valence-electron chi connectivity index (χ3n) is 6.08. The molecule has 1 amide bonds. The molecule has 1 N–H and O–H groups in total. The summed E-state index contributed by atoms with van der Waals surface area (Å²) in [6.45, 7) is 0.567. The Labute approximate surface area is 159 Å². The predicted molar refractivity (Wildman–Crippen MR) is 103 cm³/mol. The maximum atomic E-state index is 13.1. The van der Waals surface area contributed by atoms with Gasteiger partial charge in [-0.3, -0.25) is 4.79 Å². The van der Waals surface area contributed by atoms with Crippen LogP contribution < -0.4 is 0 Å². The van der Waals surface area contributed by atoms with Gasteiger partial charge in [-0.15, -0.1) is 0 Å². The Balaban J connectivity index is 1.66. The Morgan fingerprint density at radius 2 is 1.85 bits per heavy atom. The lowest BCUT2D eigenvalue weighted by Crippen LogP contribution is -2.58. The summed E-state index contributed by atoms with van der Waals surface area (Å²) in [4.78, 5) is 15.1. The van der Waals surface area contributed by atoms with Crippen LogP contribution in [0, 0.1) is 5.92 Å². The molecule has 0 unspecified atom stereocenters. The van der Waals surface area contributed by atoms with E-state index in [4.69, 9.17) is 11.6 Å². The van der Waals surface area contributed by atoms with Gasteiger partial charge in [0.05, 0.1) is 5.60 Å². The number of hydrogen-bond donors (Lipinski definition) is 1. The van der Waals surface area contributed by atoms with E-state index >= 15 is 0 Å². The minimum Gasteiger partial charge on any atom is -0.385 e. The van der Waals surface area contributed by atoms with Crippen LogP contribution in [-0.4, -0.2) is 28.5 Å². The predicted octanol–water partition coefficient (Wildman–Crippen LogP) is 4.63. The largest absolute Gasteiger partial charge is 0.385 e. The van der Waals surface area contributed by atoms with Crippen molar-refractivity contribution in [3.8, 4) is 0 Å². The lowest BCUT2D eigenvalue weighted by molar-refractivity contribution is -0.110. The molecule has 1 heterocycles. The fourth-order valence-electron chi connectivity index (χ4n) is 4.81. The number of carbonyl (C=O) groups is 1. The zero-order chi connectivity index (χ0) is 18.1. The van der Waals surface area contributed by atoms with E-state index in [1.54, 1.807) is 12.1 Å². The smallest absolute Gasteiger partial charge is 0.254 e. The Morgan fingerprint density at radius 3 is 2.62 bits per heavy atom. The molecule has 2 aromatic carbocycles. The number of benzene rings is 2. The Morgan fingerprint density at radius 1 is 1.08 bits per heavy atom. The van der Waals surface area contributed by atoms with E-state index in [2.05, 4.69) is 0 Å². The van der Waals surface area contributed by atoms with Gasteiger partial charge in [-0.2, -0.15) is 0 Å². The number of nitrogens with zero attached hydrogens (tertiary/aromatic N) is 1. The zero-order valence-corrected chi connectivity index (χ0v) is 15.5. The molecule has 2 fully saturated rings. The van der Waals surface area contributed by atoms with Gasteiger partial charge in [0.25, 0.3) is 5.91 Å². The van der Waals surface area contributed by atoms with Gasteiger partial charge in [0, 0.05) is 29.1 Å². The van der Waals surface area contributed by atoms with Gasteiger partial charge < -0.3 is 10.0 Å². The molecule has 1 aliphatic heterocycles. The molecule has 4 rings (SSSR count). The van der Waals surface area contributed by atoms with E-state index in [1.165, 1.54) is 0 Å². The number of hydrogen-bond acceptors (Lipinski definition) is 2. The first kappa shape index (κ1) is 17.6. The number of amides is 1. The van der Waals surface area contributed by atoms with Crippen LogP contribution in [0.3, 0.4) is 0 Å². The van der Waals surface area contributed by atoms with E-state index in [9.17, 15) is 9.90 Å². The van der Waals surface area contributed by atoms with Crippen molar-refractivity contribution in [2.45, 2.75) is 43.7 Å². The molecular weight excluding hydrogens is 346 g/mol. The van der Waals surface area contributed by atoms with E-state index < -0.39 is 5.60 Å². The number of likely N-dealkylation sites (tertiary alicyclic amines) is 1. The van der Waals surface area contributed by atoms with Crippen LogP contribution in [0.15, 0.2) is 54.6 Å². The van der Waals surface area contributed by atoms with Crippen LogP contribution >= 0.6 is 11.6 Å². The second-order valence-corrected chi connectivity index (χ2v) is 7.94. The van der Waals surface area contributed by atoms with Crippen LogP contribution in [0.2, 0.25) is 5.02 Å². The SMILES string of the molecule is O=C(c1cccc(Cl)c1)N1CC[C@@](O)(c2ccccc2)[C@@H]2CCCC[C@H]21. The normalized spacial score (nSPS) is 28.5. The van der Waals surface area contributed by atoms with Crippen molar-refractivity contribution >= 4 is 17.5 Å². The van der Waals surface area contributed by atoms with Crippen LogP contribution in [-0.2, 0) is 5.60 Å². The number of halogens is 1. The number of aliphatic hydroxyl groups is 1. The highest BCUT2D eigenvalue weighted by Crippen LogP contribution is 2.47. The summed E-state index contributed by atoms with van der Waals surface area (Å²) < 4.78 is 0. The summed E-state index contributed by atoms with van der Waals surface area (Å²) in [6.07, 6.45) is 4.69. The number of piperidine rings is 1. The molecule has 1 aliphatic carbocycles. The van der Waals surface area contributed by atoms with Gasteiger partial charge in [0.1, 0.15) is 0 Å². The highest BCUT2D eigenvalue weighted by Gasteiger charge is 2.50. The van der Waals surface area contributed by atoms with Crippen molar-refractivity contribution in [2.75, 3.05) is 6.54 Å². The highest BCUT2D eigenvalue weighted by molar-refractivity contribution is 6.30. The van der Waals surface area contributed by atoms with Crippen molar-refractivity contribution < 1.29 is 9.90 Å². The monoisotopic (exact) mass is 369 g/mol. The van der Waals surface area contributed by atoms with Gasteiger partial charge in [-0.1, -0.05) is 60.8 Å². The summed E-state index contributed by atoms with van der Waals surface area (Å²) in [5.74, 6) is 0.107. The lowest BCUT2D eigenvalue weighted by atomic mass is 9.66. The van der Waals surface area contributed by atoms with Crippen molar-refractivity contribution in [1.82, 2.24) is 4.90 Å². The number of fused-ring (bicyclic) bond motifs is 1. The van der Waals surface area contributed by atoms with E-state index in [0.717, 1.165) is 31.2 Å². The maximum Gasteiger partial charge on any atom is 0.254 e. The van der Waals surface area contributed by atoms with E-state index in [0.29, 0.717) is 23.6 Å². The third kappa shape index (κ3) is 3.04. The molecule has 3 atom stereocenters. The fourth-order valence-corrected chi connectivity index (χ4v) is 5.00. The number of carbonyl (C=O) groups excluding carboxylic acids is 1. The number of rotatable bonds is 2. The fraction of sp³-hybridized carbons (Fsp3) is 0.409. The quantitative estimate of drug-likeness (QED) is 0.838. The van der Waals surface area contributed by atoms with E-state index in [-0.39, 0.29) is 17.9 Å². The summed E-state index contributed by atoms with van der Waals surface area (Å²) in [5, 5.41) is 12.2. The third-order valence-corrected chi connectivity index (χ3v) is 6.32. The minimum absolute atomic E-state index is 0.0273. The van der Waals surface area contributed by atoms with Crippen LogP contribution in [0.5, 0.6) is 0 Å². The lowest BCUT2D eigenvalue weighted by Gasteiger charge is -2.52. The molecule has 0 bridgehead atoms. The van der Waals surface area contributed by atoms with Gasteiger partial charge in [-0.05, 0) is 43.0 Å². The summed E-state index contributed by atoms with van der Waals surface area (Å²) in [5.41, 5.74) is 0.760. The van der Waals surface area contributed by atoms with Crippen LogP contribution in [0.25, 0.3) is 0 Å². The van der Waals surface area contributed by atoms with Crippen molar-refractivity contribution in [3.05, 3.63) is 70.7 Å². The van der Waals surface area contributed by atoms with Gasteiger partial charge in [0.2, 0.25) is 0 Å². The second kappa shape index (κ2) is 7.05. The molecule has 26 heavy (non-hydrogen) atoms. The Hall–Kier alpha value is -1.84. The first-order valence-electron chi connectivity index (χ1n) is 9.44. The highest BCUT2D eigenvalue weighted by atomic mass is 35.5. The standard InChI is InChI=1S/C22H24ClNO2/c23-18-10-6-7-16(15-18)21(25)24-14-13-22(26,17-8-2-1-3-9-17)19-11-4-5-12-20(19)24/h1-3,6-10,15,19-20,26H,4-5,11-14H2/t19-,20-,22-/m1/s1. The minimum atomic E-state index is -0.850. The molecule has 3 nitrogen and oxygen atoms in total. The molecule has 2 aromatic rings. The van der Waals surface area contributed by atoms with Crippen LogP contribution in [0.4, 0.5) is 0 Å². The molecule has 0 spiro atoms. The first-order valence-corrected chi connectivity index (χ1v) is 9.82. The van der Waals surface area contributed by atoms with Crippen molar-refractivity contribution in [1.29, 1.82) is 0 Å². The molecule has 2 aliphatic rings. The van der Waals surface area contributed by atoms with Gasteiger partial charge in [-0.25, -0.2) is 0 Å². The molecule has 136 valence electrons. The average molecular weight is 370 g/mol. The molecule has 1 saturated carbocycles. The molecule has 0 aromatic heterocycles. The maximum absolute atomic E-state index is 13.1. The van der Waals surface area contributed by atoms with E-state index in [1.807, 2.05) is 47.4 Å².